The Morgan fingerprint density at radius 2 is 2.42 bits per heavy atom. The molecule has 4 nitrogen and oxygen atoms in total. The largest absolute Gasteiger partial charge is 0.317 e. The summed E-state index contributed by atoms with van der Waals surface area (Å²) >= 11 is 0. The highest BCUT2D eigenvalue weighted by Gasteiger charge is 2.01. The summed E-state index contributed by atoms with van der Waals surface area (Å²) in [6, 6.07) is 0.548. The van der Waals surface area contributed by atoms with E-state index in [9.17, 15) is 0 Å². The van der Waals surface area contributed by atoms with Crippen molar-refractivity contribution in [1.29, 1.82) is 0 Å². The molecule has 0 aliphatic carbocycles. The molecule has 1 aromatic heterocycles. The molecule has 1 atom stereocenters. The first kappa shape index (κ1) is 9.19. The highest BCUT2D eigenvalue weighted by atomic mass is 15.4. The Balaban J connectivity index is 2.33. The van der Waals surface area contributed by atoms with Crippen molar-refractivity contribution in [3.05, 3.63) is 11.9 Å². The van der Waals surface area contributed by atoms with Gasteiger partial charge in [-0.15, -0.1) is 5.10 Å². The van der Waals surface area contributed by atoms with Crippen molar-refractivity contribution in [2.45, 2.75) is 25.8 Å². The molecule has 1 rings (SSSR count). The summed E-state index contributed by atoms with van der Waals surface area (Å²) in [5, 5.41) is 11.1. The first-order valence-corrected chi connectivity index (χ1v) is 4.25. The minimum atomic E-state index is 0.548. The van der Waals surface area contributed by atoms with Crippen molar-refractivity contribution in [2.75, 3.05) is 7.05 Å². The fourth-order valence-corrected chi connectivity index (χ4v) is 1.02. The fraction of sp³-hybridized carbons (Fsp3) is 0.750. The van der Waals surface area contributed by atoms with E-state index >= 15 is 0 Å². The lowest BCUT2D eigenvalue weighted by atomic mass is 10.1. The minimum Gasteiger partial charge on any atom is -0.317 e. The van der Waals surface area contributed by atoms with Crippen molar-refractivity contribution in [2.24, 2.45) is 7.05 Å². The topological polar surface area (TPSA) is 42.7 Å². The van der Waals surface area contributed by atoms with E-state index in [1.165, 1.54) is 0 Å². The maximum Gasteiger partial charge on any atom is 0.0827 e. The zero-order valence-electron chi connectivity index (χ0n) is 7.91. The molecule has 0 aromatic carbocycles. The highest BCUT2D eigenvalue weighted by molar-refractivity contribution is 4.92. The van der Waals surface area contributed by atoms with Crippen LogP contribution in [0.25, 0.3) is 0 Å². The molecule has 4 heteroatoms. The Kier molecular flexibility index (Phi) is 3.22. The molecule has 1 heterocycles. The third-order valence-electron chi connectivity index (χ3n) is 1.98. The lowest BCUT2D eigenvalue weighted by Gasteiger charge is -2.06. The van der Waals surface area contributed by atoms with Crippen molar-refractivity contribution in [3.63, 3.8) is 0 Å². The Labute approximate surface area is 73.0 Å². The summed E-state index contributed by atoms with van der Waals surface area (Å²) in [5.74, 6) is 0. The lowest BCUT2D eigenvalue weighted by molar-refractivity contribution is 0.561. The van der Waals surface area contributed by atoms with Gasteiger partial charge in [0.05, 0.1) is 5.69 Å². The van der Waals surface area contributed by atoms with Crippen LogP contribution in [0, 0.1) is 0 Å². The van der Waals surface area contributed by atoms with Gasteiger partial charge in [0.25, 0.3) is 0 Å². The molecule has 0 radical (unpaired) electrons. The summed E-state index contributed by atoms with van der Waals surface area (Å²) in [6.45, 7) is 2.16. The van der Waals surface area contributed by atoms with E-state index in [-0.39, 0.29) is 0 Å². The second-order valence-electron chi connectivity index (χ2n) is 3.11. The van der Waals surface area contributed by atoms with Gasteiger partial charge in [-0.25, -0.2) is 0 Å². The molecule has 0 saturated carbocycles. The molecule has 0 bridgehead atoms. The van der Waals surface area contributed by atoms with Gasteiger partial charge in [0.15, 0.2) is 0 Å². The third-order valence-corrected chi connectivity index (χ3v) is 1.98. The summed E-state index contributed by atoms with van der Waals surface area (Å²) in [4.78, 5) is 0. The van der Waals surface area contributed by atoms with Crippen molar-refractivity contribution >= 4 is 0 Å². The molecule has 0 spiro atoms. The number of nitrogens with one attached hydrogen (secondary N) is 1. The SMILES string of the molecule is CNC(C)CCc1cn(C)nn1. The van der Waals surface area contributed by atoms with Gasteiger partial charge in [-0.05, 0) is 26.8 Å². The van der Waals surface area contributed by atoms with Crippen LogP contribution in [0.3, 0.4) is 0 Å². The number of aromatic nitrogens is 3. The van der Waals surface area contributed by atoms with E-state index in [1.807, 2.05) is 20.3 Å². The molecule has 0 fully saturated rings. The Morgan fingerprint density at radius 1 is 1.67 bits per heavy atom. The molecule has 0 amide bonds. The van der Waals surface area contributed by atoms with Gasteiger partial charge < -0.3 is 5.32 Å². The quantitative estimate of drug-likeness (QED) is 0.705. The minimum absolute atomic E-state index is 0.548. The van der Waals surface area contributed by atoms with Gasteiger partial charge in [-0.1, -0.05) is 5.21 Å². The summed E-state index contributed by atoms with van der Waals surface area (Å²) in [6.07, 6.45) is 4.06. The second-order valence-corrected chi connectivity index (χ2v) is 3.11. The van der Waals surface area contributed by atoms with E-state index < -0.39 is 0 Å². The molecule has 0 aliphatic heterocycles. The molecule has 12 heavy (non-hydrogen) atoms. The van der Waals surface area contributed by atoms with Gasteiger partial charge in [0, 0.05) is 19.3 Å². The standard InChI is InChI=1S/C8H16N4/c1-7(9-2)4-5-8-6-12(3)11-10-8/h6-7,9H,4-5H2,1-3H3. The lowest BCUT2D eigenvalue weighted by Crippen LogP contribution is -2.21. The van der Waals surface area contributed by atoms with E-state index in [2.05, 4.69) is 22.6 Å². The van der Waals surface area contributed by atoms with Crippen LogP contribution in [-0.2, 0) is 13.5 Å². The smallest absolute Gasteiger partial charge is 0.0827 e. The Hall–Kier alpha value is -0.900. The molecule has 1 unspecified atom stereocenters. The summed E-state index contributed by atoms with van der Waals surface area (Å²) in [5.41, 5.74) is 1.07. The molecular formula is C8H16N4. The third kappa shape index (κ3) is 2.62. The summed E-state index contributed by atoms with van der Waals surface area (Å²) < 4.78 is 1.74. The number of nitrogens with zero attached hydrogens (tertiary/aromatic N) is 3. The molecule has 1 aromatic rings. The van der Waals surface area contributed by atoms with Crippen LogP contribution in [0.4, 0.5) is 0 Å². The van der Waals surface area contributed by atoms with Crippen LogP contribution in [0.2, 0.25) is 0 Å². The first-order chi connectivity index (χ1) is 5.72. The van der Waals surface area contributed by atoms with Gasteiger partial charge in [-0.3, -0.25) is 4.68 Å². The normalized spacial score (nSPS) is 13.2. The van der Waals surface area contributed by atoms with Crippen molar-refractivity contribution in [3.8, 4) is 0 Å². The van der Waals surface area contributed by atoms with Crippen LogP contribution in [0.5, 0.6) is 0 Å². The summed E-state index contributed by atoms with van der Waals surface area (Å²) in [7, 11) is 3.86. The van der Waals surface area contributed by atoms with Crippen LogP contribution in [-0.4, -0.2) is 28.1 Å². The van der Waals surface area contributed by atoms with Crippen LogP contribution >= 0.6 is 0 Å². The molecule has 1 N–H and O–H groups in total. The van der Waals surface area contributed by atoms with Gasteiger partial charge >= 0.3 is 0 Å². The Bertz CT molecular complexity index is 231. The van der Waals surface area contributed by atoms with Crippen molar-refractivity contribution < 1.29 is 0 Å². The number of hydrogen-bond donors (Lipinski definition) is 1. The number of hydrogen-bond acceptors (Lipinski definition) is 3. The Morgan fingerprint density at radius 3 is 2.92 bits per heavy atom. The van der Waals surface area contributed by atoms with E-state index in [0.29, 0.717) is 6.04 Å². The predicted molar refractivity (Wildman–Crippen MR) is 47.8 cm³/mol. The second kappa shape index (κ2) is 4.21. The first-order valence-electron chi connectivity index (χ1n) is 4.25. The number of rotatable bonds is 4. The van der Waals surface area contributed by atoms with Crippen LogP contribution in [0.1, 0.15) is 19.0 Å². The maximum atomic E-state index is 4.01. The van der Waals surface area contributed by atoms with E-state index in [0.717, 1.165) is 18.5 Å². The van der Waals surface area contributed by atoms with E-state index in [1.54, 1.807) is 4.68 Å². The molecule has 0 aliphatic rings. The zero-order valence-corrected chi connectivity index (χ0v) is 7.91. The van der Waals surface area contributed by atoms with Gasteiger partial charge in [-0.2, -0.15) is 0 Å². The van der Waals surface area contributed by atoms with Gasteiger partial charge in [0.1, 0.15) is 0 Å². The van der Waals surface area contributed by atoms with Crippen molar-refractivity contribution in [1.82, 2.24) is 20.3 Å². The molecular weight excluding hydrogens is 152 g/mol. The predicted octanol–water partition coefficient (Wildman–Crippen LogP) is 0.356. The highest BCUT2D eigenvalue weighted by Crippen LogP contribution is 1.99. The fourth-order valence-electron chi connectivity index (χ4n) is 1.02. The molecule has 0 saturated heterocycles. The van der Waals surface area contributed by atoms with E-state index in [4.69, 9.17) is 0 Å². The average Bonchev–Trinajstić information content (AvgIpc) is 2.47. The number of aryl methyl sites for hydroxylation is 2. The van der Waals surface area contributed by atoms with Crippen LogP contribution < -0.4 is 5.32 Å². The monoisotopic (exact) mass is 168 g/mol. The average molecular weight is 168 g/mol. The molecule has 68 valence electrons. The maximum absolute atomic E-state index is 4.01. The van der Waals surface area contributed by atoms with Crippen LogP contribution in [0.15, 0.2) is 6.20 Å². The van der Waals surface area contributed by atoms with Gasteiger partial charge in [0.2, 0.25) is 0 Å². The zero-order chi connectivity index (χ0) is 8.97.